The van der Waals surface area contributed by atoms with Crippen molar-refractivity contribution in [2.24, 2.45) is 5.92 Å². The number of halogens is 1. The molecule has 0 saturated carbocycles. The molecular weight excluding hydrogens is 326 g/mol. The van der Waals surface area contributed by atoms with Crippen LogP contribution in [0.4, 0.5) is 0 Å². The van der Waals surface area contributed by atoms with Gasteiger partial charge in [0.2, 0.25) is 0 Å². The van der Waals surface area contributed by atoms with Crippen LogP contribution in [0.3, 0.4) is 0 Å². The number of fused-ring (bicyclic) bond motifs is 3. The second-order valence-corrected chi connectivity index (χ2v) is 6.64. The molecule has 1 aliphatic rings. The van der Waals surface area contributed by atoms with Crippen molar-refractivity contribution in [3.8, 4) is 0 Å². The number of carboxylic acid groups (broad SMARTS) is 1. The highest BCUT2D eigenvalue weighted by molar-refractivity contribution is 6.31. The van der Waals surface area contributed by atoms with E-state index in [0.29, 0.717) is 23.3 Å². The molecule has 2 atom stereocenters. The molecule has 0 saturated heterocycles. The lowest BCUT2D eigenvalue weighted by atomic mass is 9.76. The van der Waals surface area contributed by atoms with Crippen molar-refractivity contribution in [3.05, 3.63) is 56.4 Å². The van der Waals surface area contributed by atoms with Crippen molar-refractivity contribution >= 4 is 28.5 Å². The highest BCUT2D eigenvalue weighted by Crippen LogP contribution is 2.42. The van der Waals surface area contributed by atoms with E-state index in [0.717, 1.165) is 28.8 Å². The molecule has 4 nitrogen and oxygen atoms in total. The van der Waals surface area contributed by atoms with Gasteiger partial charge in [-0.1, -0.05) is 37.1 Å². The van der Waals surface area contributed by atoms with Crippen LogP contribution in [0.25, 0.3) is 10.9 Å². The van der Waals surface area contributed by atoms with E-state index in [4.69, 9.17) is 11.6 Å². The SMILES string of the molecule is CCC(C(=O)O)C1=CCc2[nH]c3cc(Cl)ccc(=O)c3c2C1CC. The van der Waals surface area contributed by atoms with Gasteiger partial charge in [0, 0.05) is 23.1 Å². The van der Waals surface area contributed by atoms with Crippen LogP contribution in [0.2, 0.25) is 5.02 Å². The Bertz CT molecular complexity index is 897. The molecule has 0 bridgehead atoms. The van der Waals surface area contributed by atoms with Crippen LogP contribution < -0.4 is 5.43 Å². The molecule has 0 spiro atoms. The maximum atomic E-state index is 12.6. The lowest BCUT2D eigenvalue weighted by Crippen LogP contribution is -2.23. The summed E-state index contributed by atoms with van der Waals surface area (Å²) in [5.41, 5.74) is 3.48. The Morgan fingerprint density at radius 1 is 1.42 bits per heavy atom. The highest BCUT2D eigenvalue weighted by Gasteiger charge is 2.33. The summed E-state index contributed by atoms with van der Waals surface area (Å²) in [7, 11) is 0. The van der Waals surface area contributed by atoms with Gasteiger partial charge in [-0.25, -0.2) is 0 Å². The average Bonchev–Trinajstić information content (AvgIpc) is 2.84. The molecule has 2 unspecified atom stereocenters. The molecule has 1 heterocycles. The lowest BCUT2D eigenvalue weighted by Gasteiger charge is -2.28. The van der Waals surface area contributed by atoms with Gasteiger partial charge in [0.25, 0.3) is 0 Å². The van der Waals surface area contributed by atoms with E-state index in [9.17, 15) is 14.7 Å². The summed E-state index contributed by atoms with van der Waals surface area (Å²) in [5.74, 6) is -1.37. The third kappa shape index (κ3) is 2.65. The number of carbonyl (C=O) groups is 1. The number of rotatable bonds is 4. The molecule has 3 rings (SSSR count). The van der Waals surface area contributed by atoms with E-state index in [2.05, 4.69) is 4.98 Å². The summed E-state index contributed by atoms with van der Waals surface area (Å²) in [6.07, 6.45) is 3.92. The van der Waals surface area contributed by atoms with Crippen LogP contribution >= 0.6 is 11.6 Å². The molecule has 0 fully saturated rings. The van der Waals surface area contributed by atoms with E-state index < -0.39 is 11.9 Å². The predicted molar refractivity (Wildman–Crippen MR) is 95.8 cm³/mol. The normalized spacial score (nSPS) is 18.1. The second-order valence-electron chi connectivity index (χ2n) is 6.20. The van der Waals surface area contributed by atoms with Crippen LogP contribution in [0.15, 0.2) is 34.6 Å². The Kier molecular flexibility index (Phi) is 4.50. The monoisotopic (exact) mass is 345 g/mol. The lowest BCUT2D eigenvalue weighted by molar-refractivity contribution is -0.140. The number of hydrogen-bond acceptors (Lipinski definition) is 2. The number of hydrogen-bond donors (Lipinski definition) is 2. The first-order valence-corrected chi connectivity index (χ1v) is 8.62. The minimum atomic E-state index is -0.804. The first-order chi connectivity index (χ1) is 11.5. The summed E-state index contributed by atoms with van der Waals surface area (Å²) in [6, 6.07) is 4.84. The molecule has 1 aromatic carbocycles. The summed E-state index contributed by atoms with van der Waals surface area (Å²) in [6.45, 7) is 3.91. The largest absolute Gasteiger partial charge is 0.481 e. The molecule has 0 radical (unpaired) electrons. The van der Waals surface area contributed by atoms with Gasteiger partial charge in [0.05, 0.1) is 16.8 Å². The molecule has 1 aromatic heterocycles. The predicted octanol–water partition coefficient (Wildman–Crippen LogP) is 4.27. The van der Waals surface area contributed by atoms with Gasteiger partial charge in [0.1, 0.15) is 0 Å². The Hall–Kier alpha value is -2.07. The van der Waals surface area contributed by atoms with Gasteiger partial charge in [-0.15, -0.1) is 0 Å². The minimum absolute atomic E-state index is 0.0579. The quantitative estimate of drug-likeness (QED) is 0.813. The zero-order chi connectivity index (χ0) is 17.4. The van der Waals surface area contributed by atoms with Crippen molar-refractivity contribution < 1.29 is 9.90 Å². The summed E-state index contributed by atoms with van der Waals surface area (Å²) < 4.78 is 0. The number of aliphatic carboxylic acids is 1. The maximum absolute atomic E-state index is 12.6. The zero-order valence-electron chi connectivity index (χ0n) is 13.7. The van der Waals surface area contributed by atoms with Crippen LogP contribution in [0.5, 0.6) is 0 Å². The van der Waals surface area contributed by atoms with Gasteiger partial charge in [-0.05, 0) is 36.6 Å². The fourth-order valence-corrected chi connectivity index (χ4v) is 4.01. The molecule has 24 heavy (non-hydrogen) atoms. The first-order valence-electron chi connectivity index (χ1n) is 8.24. The van der Waals surface area contributed by atoms with E-state index >= 15 is 0 Å². The Labute approximate surface area is 145 Å². The third-order valence-electron chi connectivity index (χ3n) is 4.88. The number of allylic oxidation sites excluding steroid dienone is 1. The molecular formula is C19H20ClNO3. The number of aromatic amines is 1. The van der Waals surface area contributed by atoms with E-state index in [1.54, 1.807) is 12.1 Å². The zero-order valence-corrected chi connectivity index (χ0v) is 14.5. The number of aromatic nitrogens is 1. The molecule has 0 aliphatic heterocycles. The van der Waals surface area contributed by atoms with Gasteiger partial charge >= 0.3 is 5.97 Å². The van der Waals surface area contributed by atoms with Crippen LogP contribution in [0, 0.1) is 5.92 Å². The summed E-state index contributed by atoms with van der Waals surface area (Å²) >= 11 is 6.10. The van der Waals surface area contributed by atoms with Crippen LogP contribution in [0.1, 0.15) is 43.9 Å². The fraction of sp³-hybridized carbons (Fsp3) is 0.368. The number of H-pyrrole nitrogens is 1. The second kappa shape index (κ2) is 6.44. The van der Waals surface area contributed by atoms with Crippen molar-refractivity contribution in [1.82, 2.24) is 4.98 Å². The van der Waals surface area contributed by atoms with Crippen molar-refractivity contribution in [2.75, 3.05) is 0 Å². The van der Waals surface area contributed by atoms with Gasteiger partial charge < -0.3 is 10.1 Å². The average molecular weight is 346 g/mol. The van der Waals surface area contributed by atoms with Gasteiger partial charge in [-0.2, -0.15) is 0 Å². The fourth-order valence-electron chi connectivity index (χ4n) is 3.84. The van der Waals surface area contributed by atoms with E-state index in [1.807, 2.05) is 19.9 Å². The van der Waals surface area contributed by atoms with Gasteiger partial charge in [-0.3, -0.25) is 9.59 Å². The first kappa shape index (κ1) is 16.8. The summed E-state index contributed by atoms with van der Waals surface area (Å²) in [5, 5.41) is 10.7. The van der Waals surface area contributed by atoms with Gasteiger partial charge in [0.15, 0.2) is 5.43 Å². The molecule has 0 amide bonds. The van der Waals surface area contributed by atoms with Crippen molar-refractivity contribution in [2.45, 2.75) is 39.0 Å². The molecule has 2 aromatic rings. The topological polar surface area (TPSA) is 70.2 Å². The Morgan fingerprint density at radius 3 is 2.79 bits per heavy atom. The molecule has 2 N–H and O–H groups in total. The number of nitrogens with one attached hydrogen (secondary N) is 1. The molecule has 1 aliphatic carbocycles. The smallest absolute Gasteiger partial charge is 0.310 e. The summed E-state index contributed by atoms with van der Waals surface area (Å²) in [4.78, 5) is 27.5. The van der Waals surface area contributed by atoms with Crippen molar-refractivity contribution in [1.29, 1.82) is 0 Å². The van der Waals surface area contributed by atoms with Crippen LogP contribution in [-0.2, 0) is 11.2 Å². The molecule has 5 heteroatoms. The van der Waals surface area contributed by atoms with Crippen LogP contribution in [-0.4, -0.2) is 16.1 Å². The maximum Gasteiger partial charge on any atom is 0.310 e. The van der Waals surface area contributed by atoms with E-state index in [-0.39, 0.29) is 11.3 Å². The third-order valence-corrected chi connectivity index (χ3v) is 5.12. The standard InChI is InChI=1S/C19H20ClNO3/c1-3-11-13(12(4-2)19(23)24)6-7-14-17(11)18-15(21-14)9-10(20)5-8-16(18)22/h5-6,8-9,11-12,21H,3-4,7H2,1-2H3,(H,23,24). The van der Waals surface area contributed by atoms with Crippen molar-refractivity contribution in [3.63, 3.8) is 0 Å². The molecule has 126 valence electrons. The highest BCUT2D eigenvalue weighted by atomic mass is 35.5. The Balaban J connectivity index is 2.25. The Morgan fingerprint density at radius 2 is 2.17 bits per heavy atom. The minimum Gasteiger partial charge on any atom is -0.481 e. The number of carboxylic acids is 1. The van der Waals surface area contributed by atoms with E-state index in [1.165, 1.54) is 6.07 Å².